The van der Waals surface area contributed by atoms with Crippen LogP contribution in [0, 0.1) is 5.92 Å². The third-order valence-electron chi connectivity index (χ3n) is 3.95. The van der Waals surface area contributed by atoms with E-state index in [0.717, 1.165) is 18.5 Å². The molecule has 6 heteroatoms. The number of hydrogen-bond acceptors (Lipinski definition) is 3. The standard InChI is InChI=1S/C15H21N3O3/c1-3-18(10-12-6-4-5-9-16-12)14(21)17-15(2,13(19)20)11-7-8-11/h4-6,9,11H,3,7-8,10H2,1-2H3,(H,17,21)(H,19,20). The van der Waals surface area contributed by atoms with Crippen molar-refractivity contribution in [3.63, 3.8) is 0 Å². The molecular formula is C15H21N3O3. The molecule has 1 aromatic rings. The zero-order chi connectivity index (χ0) is 15.5. The van der Waals surface area contributed by atoms with Crippen molar-refractivity contribution >= 4 is 12.0 Å². The molecule has 1 saturated carbocycles. The molecule has 6 nitrogen and oxygen atoms in total. The number of nitrogens with zero attached hydrogens (tertiary/aromatic N) is 2. The normalized spacial score (nSPS) is 16.9. The first-order chi connectivity index (χ1) is 9.97. The molecule has 1 heterocycles. The molecular weight excluding hydrogens is 270 g/mol. The van der Waals surface area contributed by atoms with Crippen LogP contribution in [0.5, 0.6) is 0 Å². The number of carboxylic acids is 1. The summed E-state index contributed by atoms with van der Waals surface area (Å²) in [6, 6.07) is 5.15. The molecule has 0 saturated heterocycles. The lowest BCUT2D eigenvalue weighted by atomic mass is 9.96. The predicted octanol–water partition coefficient (Wildman–Crippen LogP) is 1.87. The highest BCUT2D eigenvalue weighted by atomic mass is 16.4. The Morgan fingerprint density at radius 2 is 2.19 bits per heavy atom. The number of hydrogen-bond donors (Lipinski definition) is 2. The average molecular weight is 291 g/mol. The lowest BCUT2D eigenvalue weighted by Crippen LogP contribution is -2.57. The number of nitrogens with one attached hydrogen (secondary N) is 1. The van der Waals surface area contributed by atoms with Gasteiger partial charge in [-0.05, 0) is 44.7 Å². The van der Waals surface area contributed by atoms with E-state index in [9.17, 15) is 14.7 Å². The molecule has 2 rings (SSSR count). The molecule has 0 spiro atoms. The van der Waals surface area contributed by atoms with Crippen molar-refractivity contribution in [3.8, 4) is 0 Å². The van der Waals surface area contributed by atoms with Crippen molar-refractivity contribution in [1.29, 1.82) is 0 Å². The van der Waals surface area contributed by atoms with Crippen LogP contribution >= 0.6 is 0 Å². The van der Waals surface area contributed by atoms with Crippen molar-refractivity contribution in [2.24, 2.45) is 5.92 Å². The Balaban J connectivity index is 2.04. The van der Waals surface area contributed by atoms with Gasteiger partial charge in [-0.15, -0.1) is 0 Å². The zero-order valence-corrected chi connectivity index (χ0v) is 12.4. The Labute approximate surface area is 124 Å². The molecule has 1 aliphatic carbocycles. The quantitative estimate of drug-likeness (QED) is 0.838. The molecule has 1 aliphatic rings. The minimum atomic E-state index is -1.19. The summed E-state index contributed by atoms with van der Waals surface area (Å²) < 4.78 is 0. The molecule has 1 fully saturated rings. The topological polar surface area (TPSA) is 82.5 Å². The fraction of sp³-hybridized carbons (Fsp3) is 0.533. The number of rotatable bonds is 6. The smallest absolute Gasteiger partial charge is 0.329 e. The van der Waals surface area contributed by atoms with Gasteiger partial charge in [0.15, 0.2) is 0 Å². The highest BCUT2D eigenvalue weighted by molar-refractivity contribution is 5.86. The van der Waals surface area contributed by atoms with Gasteiger partial charge in [0.05, 0.1) is 12.2 Å². The summed E-state index contributed by atoms with van der Waals surface area (Å²) in [4.78, 5) is 29.6. The van der Waals surface area contributed by atoms with Gasteiger partial charge in [-0.25, -0.2) is 9.59 Å². The highest BCUT2D eigenvalue weighted by Crippen LogP contribution is 2.39. The Morgan fingerprint density at radius 1 is 1.48 bits per heavy atom. The number of amides is 2. The van der Waals surface area contributed by atoms with Gasteiger partial charge in [-0.2, -0.15) is 0 Å². The van der Waals surface area contributed by atoms with Crippen molar-refractivity contribution in [1.82, 2.24) is 15.2 Å². The van der Waals surface area contributed by atoms with E-state index in [0.29, 0.717) is 13.1 Å². The molecule has 1 atom stereocenters. The molecule has 21 heavy (non-hydrogen) atoms. The number of aliphatic carboxylic acids is 1. The summed E-state index contributed by atoms with van der Waals surface area (Å²) in [7, 11) is 0. The van der Waals surface area contributed by atoms with Gasteiger partial charge in [-0.3, -0.25) is 4.98 Å². The van der Waals surface area contributed by atoms with Gasteiger partial charge in [0.2, 0.25) is 0 Å². The Kier molecular flexibility index (Phi) is 4.45. The van der Waals surface area contributed by atoms with E-state index in [-0.39, 0.29) is 11.9 Å². The number of urea groups is 1. The lowest BCUT2D eigenvalue weighted by molar-refractivity contribution is -0.144. The molecule has 1 aromatic heterocycles. The maximum Gasteiger partial charge on any atom is 0.329 e. The van der Waals surface area contributed by atoms with Crippen LogP contribution in [0.15, 0.2) is 24.4 Å². The second-order valence-electron chi connectivity index (χ2n) is 5.55. The van der Waals surface area contributed by atoms with E-state index in [1.54, 1.807) is 18.0 Å². The molecule has 0 aromatic carbocycles. The summed E-state index contributed by atoms with van der Waals surface area (Å²) in [6.45, 7) is 4.30. The first-order valence-corrected chi connectivity index (χ1v) is 7.17. The van der Waals surface area contributed by atoms with Crippen molar-refractivity contribution < 1.29 is 14.7 Å². The fourth-order valence-electron chi connectivity index (χ4n) is 2.31. The largest absolute Gasteiger partial charge is 0.480 e. The fourth-order valence-corrected chi connectivity index (χ4v) is 2.31. The van der Waals surface area contributed by atoms with E-state index in [1.165, 1.54) is 0 Å². The number of pyridine rings is 1. The van der Waals surface area contributed by atoms with E-state index >= 15 is 0 Å². The van der Waals surface area contributed by atoms with Gasteiger partial charge >= 0.3 is 12.0 Å². The third kappa shape index (κ3) is 3.51. The second-order valence-corrected chi connectivity index (χ2v) is 5.55. The highest BCUT2D eigenvalue weighted by Gasteiger charge is 2.49. The number of carbonyl (C=O) groups is 2. The first-order valence-electron chi connectivity index (χ1n) is 7.17. The SMILES string of the molecule is CCN(Cc1ccccn1)C(=O)NC(C)(C(=O)O)C1CC1. The molecule has 0 bridgehead atoms. The van der Waals surface area contributed by atoms with E-state index in [4.69, 9.17) is 0 Å². The van der Waals surface area contributed by atoms with Crippen LogP contribution < -0.4 is 5.32 Å². The van der Waals surface area contributed by atoms with E-state index < -0.39 is 11.5 Å². The number of aromatic nitrogens is 1. The van der Waals surface area contributed by atoms with Crippen LogP contribution in [0.1, 0.15) is 32.4 Å². The van der Waals surface area contributed by atoms with Crippen molar-refractivity contribution in [2.45, 2.75) is 38.8 Å². The van der Waals surface area contributed by atoms with Gasteiger partial charge in [0, 0.05) is 12.7 Å². The van der Waals surface area contributed by atoms with Crippen LogP contribution in [0.4, 0.5) is 4.79 Å². The van der Waals surface area contributed by atoms with Gasteiger partial charge in [0.1, 0.15) is 5.54 Å². The summed E-state index contributed by atoms with van der Waals surface area (Å²) in [5.74, 6) is -0.959. The summed E-state index contributed by atoms with van der Waals surface area (Å²) in [6.07, 6.45) is 3.36. The van der Waals surface area contributed by atoms with Gasteiger partial charge in [-0.1, -0.05) is 6.07 Å². The van der Waals surface area contributed by atoms with Crippen LogP contribution in [0.2, 0.25) is 0 Å². The van der Waals surface area contributed by atoms with E-state index in [2.05, 4.69) is 10.3 Å². The molecule has 1 unspecified atom stereocenters. The molecule has 2 N–H and O–H groups in total. The van der Waals surface area contributed by atoms with Crippen LogP contribution in [-0.4, -0.2) is 39.1 Å². The van der Waals surface area contributed by atoms with Gasteiger partial charge < -0.3 is 15.3 Å². The van der Waals surface area contributed by atoms with Crippen molar-refractivity contribution in [2.75, 3.05) is 6.54 Å². The predicted molar refractivity (Wildman–Crippen MR) is 77.6 cm³/mol. The summed E-state index contributed by atoms with van der Waals surface area (Å²) in [5.41, 5.74) is -0.410. The Bertz CT molecular complexity index is 516. The van der Waals surface area contributed by atoms with Crippen LogP contribution in [0.3, 0.4) is 0 Å². The van der Waals surface area contributed by atoms with E-state index in [1.807, 2.05) is 25.1 Å². The average Bonchev–Trinajstić information content (AvgIpc) is 3.30. The monoisotopic (exact) mass is 291 g/mol. The van der Waals surface area contributed by atoms with Crippen LogP contribution in [-0.2, 0) is 11.3 Å². The summed E-state index contributed by atoms with van der Waals surface area (Å²) >= 11 is 0. The zero-order valence-electron chi connectivity index (χ0n) is 12.4. The third-order valence-corrected chi connectivity index (χ3v) is 3.95. The first kappa shape index (κ1) is 15.3. The van der Waals surface area contributed by atoms with Crippen molar-refractivity contribution in [3.05, 3.63) is 30.1 Å². The second kappa shape index (κ2) is 6.11. The maximum absolute atomic E-state index is 12.4. The maximum atomic E-state index is 12.4. The Morgan fingerprint density at radius 3 is 2.67 bits per heavy atom. The Hall–Kier alpha value is -2.11. The lowest BCUT2D eigenvalue weighted by Gasteiger charge is -2.30. The van der Waals surface area contributed by atoms with Crippen LogP contribution in [0.25, 0.3) is 0 Å². The molecule has 114 valence electrons. The number of carbonyl (C=O) groups excluding carboxylic acids is 1. The molecule has 0 radical (unpaired) electrons. The number of carboxylic acid groups (broad SMARTS) is 1. The minimum absolute atomic E-state index is 0.0208. The minimum Gasteiger partial charge on any atom is -0.480 e. The molecule has 0 aliphatic heterocycles. The molecule has 2 amide bonds. The summed E-state index contributed by atoms with van der Waals surface area (Å²) in [5, 5.41) is 12.1. The van der Waals surface area contributed by atoms with Gasteiger partial charge in [0.25, 0.3) is 0 Å².